The van der Waals surface area contributed by atoms with Gasteiger partial charge in [0.15, 0.2) is 0 Å². The molecule has 0 saturated carbocycles. The fourth-order valence-electron chi connectivity index (χ4n) is 2.28. The molecule has 1 heterocycles. The zero-order valence-electron chi connectivity index (χ0n) is 14.9. The van der Waals surface area contributed by atoms with Crippen LogP contribution in [0.5, 0.6) is 0 Å². The van der Waals surface area contributed by atoms with Crippen LogP contribution in [0.4, 0.5) is 11.4 Å². The topological polar surface area (TPSA) is 97.1 Å². The highest BCUT2D eigenvalue weighted by molar-refractivity contribution is 7.99. The minimum Gasteiger partial charge on any atom is -0.416 e. The van der Waals surface area contributed by atoms with Gasteiger partial charge in [-0.25, -0.2) is 0 Å². The highest BCUT2D eigenvalue weighted by Crippen LogP contribution is 2.22. The molecule has 0 bridgehead atoms. The highest BCUT2D eigenvalue weighted by atomic mass is 32.2. The second-order valence-corrected chi connectivity index (χ2v) is 6.70. The molecule has 3 aromatic rings. The van der Waals surface area contributed by atoms with Crippen LogP contribution < -0.4 is 10.6 Å². The number of anilines is 2. The van der Waals surface area contributed by atoms with E-state index in [1.807, 2.05) is 19.1 Å². The third kappa shape index (κ3) is 5.18. The van der Waals surface area contributed by atoms with E-state index in [0.717, 1.165) is 17.3 Å². The Morgan fingerprint density at radius 3 is 2.52 bits per heavy atom. The van der Waals surface area contributed by atoms with Gasteiger partial charge in [-0.05, 0) is 36.8 Å². The zero-order chi connectivity index (χ0) is 19.2. The van der Waals surface area contributed by atoms with Crippen LogP contribution in [0.1, 0.15) is 21.8 Å². The molecule has 138 valence electrons. The lowest BCUT2D eigenvalue weighted by molar-refractivity contribution is -0.113. The van der Waals surface area contributed by atoms with E-state index in [1.165, 1.54) is 0 Å². The number of amides is 2. The number of nitrogens with one attached hydrogen (secondary N) is 2. The maximum atomic E-state index is 12.3. The van der Waals surface area contributed by atoms with Crippen LogP contribution in [-0.4, -0.2) is 27.8 Å². The predicted octanol–water partition coefficient (Wildman–Crippen LogP) is 3.67. The van der Waals surface area contributed by atoms with Crippen LogP contribution in [0, 0.1) is 13.8 Å². The van der Waals surface area contributed by atoms with Crippen molar-refractivity contribution in [3.05, 3.63) is 65.5 Å². The first-order chi connectivity index (χ1) is 13.0. The van der Waals surface area contributed by atoms with Crippen molar-refractivity contribution in [3.8, 4) is 0 Å². The van der Waals surface area contributed by atoms with Gasteiger partial charge in [0.25, 0.3) is 11.1 Å². The van der Waals surface area contributed by atoms with E-state index in [9.17, 15) is 9.59 Å². The van der Waals surface area contributed by atoms with Crippen molar-refractivity contribution in [2.45, 2.75) is 19.1 Å². The summed E-state index contributed by atoms with van der Waals surface area (Å²) in [6.07, 6.45) is 0. The Morgan fingerprint density at radius 1 is 1.04 bits per heavy atom. The average Bonchev–Trinajstić information content (AvgIpc) is 3.09. The average molecular weight is 382 g/mol. The second-order valence-electron chi connectivity index (χ2n) is 5.77. The van der Waals surface area contributed by atoms with Gasteiger partial charge in [-0.15, -0.1) is 10.2 Å². The van der Waals surface area contributed by atoms with Crippen molar-refractivity contribution < 1.29 is 14.0 Å². The van der Waals surface area contributed by atoms with Gasteiger partial charge >= 0.3 is 0 Å². The molecule has 2 N–H and O–H groups in total. The first-order valence-electron chi connectivity index (χ1n) is 8.21. The Morgan fingerprint density at radius 2 is 1.81 bits per heavy atom. The first-order valence-corrected chi connectivity index (χ1v) is 9.19. The van der Waals surface area contributed by atoms with Gasteiger partial charge in [0, 0.05) is 23.9 Å². The van der Waals surface area contributed by atoms with E-state index in [-0.39, 0.29) is 17.6 Å². The number of aromatic nitrogens is 2. The maximum Gasteiger partial charge on any atom is 0.277 e. The number of carbonyl (C=O) groups excluding carboxylic acids is 2. The fourth-order valence-corrected chi connectivity index (χ4v) is 2.88. The molecular formula is C19H18N4O3S. The van der Waals surface area contributed by atoms with Crippen molar-refractivity contribution >= 4 is 35.0 Å². The zero-order valence-corrected chi connectivity index (χ0v) is 15.7. The molecule has 0 fully saturated rings. The molecule has 0 spiro atoms. The summed E-state index contributed by atoms with van der Waals surface area (Å²) < 4.78 is 5.22. The van der Waals surface area contributed by atoms with Crippen molar-refractivity contribution in [1.82, 2.24) is 10.2 Å². The Bertz CT molecular complexity index is 957. The summed E-state index contributed by atoms with van der Waals surface area (Å²) in [6.45, 7) is 3.58. The summed E-state index contributed by atoms with van der Waals surface area (Å²) in [4.78, 5) is 24.5. The van der Waals surface area contributed by atoms with Crippen molar-refractivity contribution in [3.63, 3.8) is 0 Å². The molecule has 0 saturated heterocycles. The molecule has 0 aliphatic heterocycles. The molecule has 3 rings (SSSR count). The Balaban J connectivity index is 1.62. The number of nitrogens with zero attached hydrogens (tertiary/aromatic N) is 2. The minimum absolute atomic E-state index is 0.140. The molecule has 0 aliphatic rings. The molecule has 1 aromatic heterocycles. The summed E-state index contributed by atoms with van der Waals surface area (Å²) in [6, 6.07) is 14.3. The van der Waals surface area contributed by atoms with Crippen LogP contribution >= 0.6 is 11.8 Å². The van der Waals surface area contributed by atoms with Crippen LogP contribution in [0.2, 0.25) is 0 Å². The molecule has 0 atom stereocenters. The standard InChI is InChI=1S/C19H18N4O3S/c1-12-8-9-15(20-17(24)11-27-19-23-22-13(2)26-19)10-16(12)21-18(25)14-6-4-3-5-7-14/h3-10H,11H2,1-2H3,(H,20,24)(H,21,25). The SMILES string of the molecule is Cc1nnc(SCC(=O)Nc2ccc(C)c(NC(=O)c3ccccc3)c2)o1. The first kappa shape index (κ1) is 18.7. The van der Waals surface area contributed by atoms with E-state index in [2.05, 4.69) is 20.8 Å². The van der Waals surface area contributed by atoms with Gasteiger partial charge in [0.05, 0.1) is 5.75 Å². The molecule has 0 unspecified atom stereocenters. The molecule has 7 nitrogen and oxygen atoms in total. The maximum absolute atomic E-state index is 12.3. The molecule has 27 heavy (non-hydrogen) atoms. The number of hydrogen-bond donors (Lipinski definition) is 2. The Kier molecular flexibility index (Phi) is 5.87. The monoisotopic (exact) mass is 382 g/mol. The summed E-state index contributed by atoms with van der Waals surface area (Å²) >= 11 is 1.16. The van der Waals surface area contributed by atoms with Crippen LogP contribution in [0.15, 0.2) is 58.2 Å². The number of thioether (sulfide) groups is 1. The molecule has 2 aromatic carbocycles. The van der Waals surface area contributed by atoms with Crippen LogP contribution in [0.3, 0.4) is 0 Å². The smallest absolute Gasteiger partial charge is 0.277 e. The normalized spacial score (nSPS) is 10.4. The third-order valence-corrected chi connectivity index (χ3v) is 4.46. The lowest BCUT2D eigenvalue weighted by atomic mass is 10.1. The number of rotatable bonds is 6. The second kappa shape index (κ2) is 8.50. The lowest BCUT2D eigenvalue weighted by Gasteiger charge is -2.11. The predicted molar refractivity (Wildman–Crippen MR) is 104 cm³/mol. The van der Waals surface area contributed by atoms with Crippen LogP contribution in [-0.2, 0) is 4.79 Å². The van der Waals surface area contributed by atoms with E-state index >= 15 is 0 Å². The molecule has 0 aliphatic carbocycles. The van der Waals surface area contributed by atoms with Gasteiger partial charge in [-0.3, -0.25) is 9.59 Å². The van der Waals surface area contributed by atoms with E-state index in [4.69, 9.17) is 4.42 Å². The van der Waals surface area contributed by atoms with Gasteiger partial charge in [0.1, 0.15) is 0 Å². The summed E-state index contributed by atoms with van der Waals surface area (Å²) in [5.74, 6) is 0.182. The largest absolute Gasteiger partial charge is 0.416 e. The fraction of sp³-hybridized carbons (Fsp3) is 0.158. The summed E-state index contributed by atoms with van der Waals surface area (Å²) in [5, 5.41) is 13.6. The van der Waals surface area contributed by atoms with Gasteiger partial charge in [-0.2, -0.15) is 0 Å². The highest BCUT2D eigenvalue weighted by Gasteiger charge is 2.11. The van der Waals surface area contributed by atoms with Gasteiger partial charge in [0.2, 0.25) is 11.8 Å². The number of carbonyl (C=O) groups is 2. The van der Waals surface area contributed by atoms with E-state index < -0.39 is 0 Å². The van der Waals surface area contributed by atoms with Crippen LogP contribution in [0.25, 0.3) is 0 Å². The van der Waals surface area contributed by atoms with E-state index in [1.54, 1.807) is 43.3 Å². The quantitative estimate of drug-likeness (QED) is 0.632. The number of aryl methyl sites for hydroxylation is 2. The molecule has 0 radical (unpaired) electrons. The Hall–Kier alpha value is -3.13. The van der Waals surface area contributed by atoms with Crippen molar-refractivity contribution in [2.75, 3.05) is 16.4 Å². The third-order valence-electron chi connectivity index (χ3n) is 3.64. The molecular weight excluding hydrogens is 364 g/mol. The lowest BCUT2D eigenvalue weighted by Crippen LogP contribution is -2.15. The van der Waals surface area contributed by atoms with Crippen molar-refractivity contribution in [1.29, 1.82) is 0 Å². The van der Waals surface area contributed by atoms with E-state index in [0.29, 0.717) is 28.1 Å². The summed E-state index contributed by atoms with van der Waals surface area (Å²) in [5.41, 5.74) is 2.70. The number of hydrogen-bond acceptors (Lipinski definition) is 6. The number of benzene rings is 2. The van der Waals surface area contributed by atoms with Crippen molar-refractivity contribution in [2.24, 2.45) is 0 Å². The van der Waals surface area contributed by atoms with Gasteiger partial charge in [-0.1, -0.05) is 36.0 Å². The summed E-state index contributed by atoms with van der Waals surface area (Å²) in [7, 11) is 0. The molecule has 2 amide bonds. The Labute approximate surface area is 160 Å². The van der Waals surface area contributed by atoms with Gasteiger partial charge < -0.3 is 15.1 Å². The molecule has 8 heteroatoms. The minimum atomic E-state index is -0.208.